The second kappa shape index (κ2) is 7.40. The van der Waals surface area contributed by atoms with Gasteiger partial charge in [0.2, 0.25) is 5.95 Å². The Kier molecular flexibility index (Phi) is 4.89. The number of fused-ring (bicyclic) bond motifs is 3. The van der Waals surface area contributed by atoms with Gasteiger partial charge in [-0.1, -0.05) is 30.4 Å². The molecule has 0 spiro atoms. The Hall–Kier alpha value is -3.49. The van der Waals surface area contributed by atoms with Crippen LogP contribution >= 0.6 is 0 Å². The molecule has 3 aromatic rings. The number of aryl methyl sites for hydroxylation is 1. The van der Waals surface area contributed by atoms with E-state index >= 15 is 0 Å². The van der Waals surface area contributed by atoms with Crippen LogP contribution in [0.4, 0.5) is 10.3 Å². The molecule has 156 valence electrons. The monoisotopic (exact) mass is 410 g/mol. The molecule has 1 aliphatic heterocycles. The number of imidazole rings is 1. The summed E-state index contributed by atoms with van der Waals surface area (Å²) in [5, 5.41) is 6.30. The molecule has 1 aliphatic rings. The van der Waals surface area contributed by atoms with Crippen LogP contribution in [0.5, 0.6) is 0 Å². The van der Waals surface area contributed by atoms with Crippen molar-refractivity contribution in [3.05, 3.63) is 68.6 Å². The molecular weight excluding hydrogens is 387 g/mol. The number of aromatic nitrogens is 4. The first-order chi connectivity index (χ1) is 14.3. The van der Waals surface area contributed by atoms with Crippen molar-refractivity contribution in [2.24, 2.45) is 12.1 Å². The van der Waals surface area contributed by atoms with E-state index in [2.05, 4.69) is 10.1 Å². The molecule has 9 heteroatoms. The summed E-state index contributed by atoms with van der Waals surface area (Å²) in [4.78, 5) is 30.9. The zero-order valence-corrected chi connectivity index (χ0v) is 17.3. The highest BCUT2D eigenvalue weighted by atomic mass is 19.1. The van der Waals surface area contributed by atoms with Gasteiger partial charge in [0.15, 0.2) is 11.2 Å². The number of allylic oxidation sites excluding steroid dienone is 1. The van der Waals surface area contributed by atoms with Crippen molar-refractivity contribution < 1.29 is 4.39 Å². The molecule has 0 N–H and O–H groups in total. The molecule has 3 heterocycles. The van der Waals surface area contributed by atoms with E-state index in [0.29, 0.717) is 18.0 Å². The number of hydrazone groups is 1. The highest BCUT2D eigenvalue weighted by Gasteiger charge is 2.30. The predicted octanol–water partition coefficient (Wildman–Crippen LogP) is 2.42. The maximum absolute atomic E-state index is 14.2. The highest BCUT2D eigenvalue weighted by molar-refractivity contribution is 5.91. The van der Waals surface area contributed by atoms with E-state index in [4.69, 9.17) is 0 Å². The zero-order valence-electron chi connectivity index (χ0n) is 17.3. The van der Waals surface area contributed by atoms with E-state index in [1.165, 1.54) is 10.6 Å². The first-order valence-corrected chi connectivity index (χ1v) is 9.74. The summed E-state index contributed by atoms with van der Waals surface area (Å²) in [6, 6.07) is 5.91. The van der Waals surface area contributed by atoms with Crippen molar-refractivity contribution in [3.63, 3.8) is 0 Å². The van der Waals surface area contributed by atoms with Crippen LogP contribution in [-0.2, 0) is 13.6 Å². The molecule has 0 saturated heterocycles. The van der Waals surface area contributed by atoms with E-state index in [1.54, 1.807) is 34.8 Å². The lowest BCUT2D eigenvalue weighted by Gasteiger charge is -2.28. The summed E-state index contributed by atoms with van der Waals surface area (Å²) in [7, 11) is 1.57. The van der Waals surface area contributed by atoms with E-state index in [1.807, 2.05) is 32.9 Å². The van der Waals surface area contributed by atoms with Gasteiger partial charge in [0, 0.05) is 12.6 Å². The second-order valence-corrected chi connectivity index (χ2v) is 7.35. The number of hydrogen-bond acceptors (Lipinski definition) is 5. The topological polar surface area (TPSA) is 77.4 Å². The van der Waals surface area contributed by atoms with Gasteiger partial charge in [0.25, 0.3) is 5.56 Å². The molecule has 0 aliphatic carbocycles. The first kappa shape index (κ1) is 19.8. The Morgan fingerprint density at radius 2 is 1.97 bits per heavy atom. The lowest BCUT2D eigenvalue weighted by Crippen LogP contribution is -2.40. The molecule has 0 unspecified atom stereocenters. The minimum Gasteiger partial charge on any atom is -0.294 e. The number of nitrogens with zero attached hydrogens (tertiary/aromatic N) is 6. The number of hydrogen-bond donors (Lipinski definition) is 0. The van der Waals surface area contributed by atoms with Gasteiger partial charge in [-0.25, -0.2) is 14.2 Å². The number of benzene rings is 1. The Morgan fingerprint density at radius 3 is 2.67 bits per heavy atom. The van der Waals surface area contributed by atoms with Gasteiger partial charge in [0.1, 0.15) is 5.82 Å². The van der Waals surface area contributed by atoms with Gasteiger partial charge < -0.3 is 0 Å². The molecule has 0 saturated carbocycles. The molecule has 4 rings (SSSR count). The van der Waals surface area contributed by atoms with Gasteiger partial charge in [-0.2, -0.15) is 10.1 Å². The minimum absolute atomic E-state index is 0.154. The average Bonchev–Trinajstić information content (AvgIpc) is 3.14. The van der Waals surface area contributed by atoms with Crippen molar-refractivity contribution in [2.75, 3.05) is 11.6 Å². The Morgan fingerprint density at radius 1 is 1.23 bits per heavy atom. The van der Waals surface area contributed by atoms with Crippen LogP contribution in [0, 0.1) is 5.82 Å². The smallest absolute Gasteiger partial charge is 0.294 e. The van der Waals surface area contributed by atoms with Crippen molar-refractivity contribution in [1.82, 2.24) is 18.7 Å². The van der Waals surface area contributed by atoms with E-state index in [-0.39, 0.29) is 23.8 Å². The third kappa shape index (κ3) is 2.97. The van der Waals surface area contributed by atoms with E-state index in [9.17, 15) is 14.0 Å². The number of halogens is 1. The molecule has 1 aromatic carbocycles. The summed E-state index contributed by atoms with van der Waals surface area (Å²) in [6.07, 6.45) is 3.85. The van der Waals surface area contributed by atoms with Gasteiger partial charge in [-0.05, 0) is 26.8 Å². The lowest BCUT2D eigenvalue weighted by molar-refractivity contribution is 0.580. The van der Waals surface area contributed by atoms with Gasteiger partial charge in [0.05, 0.1) is 24.8 Å². The third-order valence-electron chi connectivity index (χ3n) is 5.46. The van der Waals surface area contributed by atoms with Crippen LogP contribution in [-0.4, -0.2) is 30.9 Å². The fraction of sp³-hybridized carbons (Fsp3) is 0.333. The lowest BCUT2D eigenvalue weighted by atomic mass is 10.2. The predicted molar refractivity (Wildman–Crippen MR) is 115 cm³/mol. The number of anilines is 1. The fourth-order valence-electron chi connectivity index (χ4n) is 3.65. The normalized spacial score (nSPS) is 16.4. The van der Waals surface area contributed by atoms with Crippen LogP contribution in [0.2, 0.25) is 0 Å². The maximum atomic E-state index is 14.2. The highest BCUT2D eigenvalue weighted by Crippen LogP contribution is 2.29. The van der Waals surface area contributed by atoms with Crippen LogP contribution in [0.3, 0.4) is 0 Å². The Labute approximate surface area is 172 Å². The average molecular weight is 410 g/mol. The van der Waals surface area contributed by atoms with Crippen LogP contribution in [0.25, 0.3) is 11.2 Å². The standard InChI is InChI=1S/C21H23FN6O2/c1-5-6-11-27-20-23-18-17(28(20)14(3)13(2)24-27)19(29)26(21(30)25(18)4)12-15-9-7-8-10-16(15)22/h5-10,14H,11-12H2,1-4H3/b6-5+/t14-/m0/s1. The molecule has 8 nitrogen and oxygen atoms in total. The minimum atomic E-state index is -0.545. The molecule has 0 fully saturated rings. The van der Waals surface area contributed by atoms with E-state index in [0.717, 1.165) is 10.3 Å². The maximum Gasteiger partial charge on any atom is 0.332 e. The molecular formula is C21H23FN6O2. The Bertz CT molecular complexity index is 1310. The second-order valence-electron chi connectivity index (χ2n) is 7.35. The largest absolute Gasteiger partial charge is 0.332 e. The SMILES string of the molecule is C/C=C/CN1N=C(C)[C@H](C)n2c1nc1c2c(=O)n(Cc2ccccc2F)c(=O)n1C. The summed E-state index contributed by atoms with van der Waals surface area (Å²) in [5.74, 6) is 0.0349. The molecule has 0 amide bonds. The van der Waals surface area contributed by atoms with Gasteiger partial charge in [-0.15, -0.1) is 0 Å². The van der Waals surface area contributed by atoms with E-state index < -0.39 is 17.1 Å². The van der Waals surface area contributed by atoms with Crippen molar-refractivity contribution >= 4 is 22.8 Å². The van der Waals surface area contributed by atoms with Gasteiger partial charge >= 0.3 is 5.69 Å². The summed E-state index contributed by atoms with van der Waals surface area (Å²) >= 11 is 0. The van der Waals surface area contributed by atoms with Gasteiger partial charge in [-0.3, -0.25) is 18.5 Å². The zero-order chi connectivity index (χ0) is 21.6. The van der Waals surface area contributed by atoms with Crippen molar-refractivity contribution in [3.8, 4) is 0 Å². The molecule has 1 atom stereocenters. The first-order valence-electron chi connectivity index (χ1n) is 9.74. The van der Waals surface area contributed by atoms with Crippen molar-refractivity contribution in [1.29, 1.82) is 0 Å². The number of rotatable bonds is 4. The fourth-order valence-corrected chi connectivity index (χ4v) is 3.65. The Balaban J connectivity index is 1.98. The third-order valence-corrected chi connectivity index (χ3v) is 5.46. The molecule has 0 radical (unpaired) electrons. The quantitative estimate of drug-likeness (QED) is 0.619. The summed E-state index contributed by atoms with van der Waals surface area (Å²) in [5.41, 5.74) is 0.636. The van der Waals surface area contributed by atoms with Crippen LogP contribution in [0.1, 0.15) is 32.4 Å². The molecule has 2 aromatic heterocycles. The summed E-state index contributed by atoms with van der Waals surface area (Å²) in [6.45, 7) is 6.07. The van der Waals surface area contributed by atoms with Crippen molar-refractivity contribution in [2.45, 2.75) is 33.4 Å². The van der Waals surface area contributed by atoms with Crippen LogP contribution in [0.15, 0.2) is 51.1 Å². The molecule has 30 heavy (non-hydrogen) atoms. The summed E-state index contributed by atoms with van der Waals surface area (Å²) < 4.78 is 18.4. The molecule has 0 bridgehead atoms. The van der Waals surface area contributed by atoms with Crippen LogP contribution < -0.4 is 16.3 Å².